The van der Waals surface area contributed by atoms with E-state index in [1.165, 1.54) is 5.56 Å². The van der Waals surface area contributed by atoms with E-state index < -0.39 is 0 Å². The molecule has 0 aromatic heterocycles. The summed E-state index contributed by atoms with van der Waals surface area (Å²) in [5.74, 6) is 0. The lowest BCUT2D eigenvalue weighted by molar-refractivity contribution is 0.291. The lowest BCUT2D eigenvalue weighted by Gasteiger charge is -2.22. The van der Waals surface area contributed by atoms with E-state index in [2.05, 4.69) is 29.2 Å². The van der Waals surface area contributed by atoms with E-state index in [0.717, 1.165) is 32.1 Å². The molecule has 0 radical (unpaired) electrons. The summed E-state index contributed by atoms with van der Waals surface area (Å²) < 4.78 is 7.48. The monoisotopic (exact) mass is 174 g/mol. The number of nitrogens with zero attached hydrogens (tertiary/aromatic N) is 1. The lowest BCUT2D eigenvalue weighted by Crippen LogP contribution is -2.26. The number of hydrogen-bond donors (Lipinski definition) is 0. The van der Waals surface area contributed by atoms with Crippen LogP contribution in [0.5, 0.6) is 0 Å². The van der Waals surface area contributed by atoms with Gasteiger partial charge in [-0.25, -0.2) is 0 Å². The Kier molecular flexibility index (Phi) is 2.39. The Morgan fingerprint density at radius 1 is 1.31 bits per heavy atom. The molecule has 1 aliphatic rings. The Bertz CT molecular complexity index is 318. The minimum Gasteiger partial charge on any atom is -0.295 e. The highest BCUT2D eigenvalue weighted by Crippen LogP contribution is 2.07. The van der Waals surface area contributed by atoms with Crippen LogP contribution in [-0.2, 0) is 6.54 Å². The third-order valence-corrected chi connectivity index (χ3v) is 2.32. The summed E-state index contributed by atoms with van der Waals surface area (Å²) >= 11 is 0. The highest BCUT2D eigenvalue weighted by atomic mass is 15.1. The van der Waals surface area contributed by atoms with Crippen molar-refractivity contribution < 1.29 is 1.37 Å². The molecule has 0 bridgehead atoms. The predicted molar refractivity (Wildman–Crippen MR) is 55.5 cm³/mol. The Labute approximate surface area is 81.1 Å². The summed E-state index contributed by atoms with van der Waals surface area (Å²) in [5.41, 5.74) is 1.36. The van der Waals surface area contributed by atoms with Gasteiger partial charge in [0, 0.05) is 19.6 Å². The largest absolute Gasteiger partial charge is 0.295 e. The van der Waals surface area contributed by atoms with E-state index in [1.807, 2.05) is 12.1 Å². The average Bonchev–Trinajstić information content (AvgIpc) is 2.23. The fourth-order valence-corrected chi connectivity index (χ4v) is 1.59. The Morgan fingerprint density at radius 2 is 2.15 bits per heavy atom. The number of benzene rings is 1. The van der Waals surface area contributed by atoms with Gasteiger partial charge in [0.1, 0.15) is 0 Å². The predicted octanol–water partition coefficient (Wildman–Crippen LogP) is 2.45. The van der Waals surface area contributed by atoms with Crippen LogP contribution in [0, 0.1) is 0 Å². The van der Waals surface area contributed by atoms with Crippen molar-refractivity contribution in [2.24, 2.45) is 0 Å². The molecule has 1 aromatic carbocycles. The van der Waals surface area contributed by atoms with Crippen molar-refractivity contribution in [1.82, 2.24) is 4.90 Å². The van der Waals surface area contributed by atoms with Gasteiger partial charge in [-0.05, 0) is 12.0 Å². The van der Waals surface area contributed by atoms with Crippen molar-refractivity contribution in [2.45, 2.75) is 13.0 Å². The molecule has 0 saturated carbocycles. The van der Waals surface area contributed by atoms with Crippen molar-refractivity contribution in [1.29, 1.82) is 0 Å². The van der Waals surface area contributed by atoms with Crippen LogP contribution in [0.3, 0.4) is 0 Å². The van der Waals surface area contributed by atoms with E-state index in [9.17, 15) is 0 Å². The molecular formula is C12H15N. The van der Waals surface area contributed by atoms with Crippen LogP contribution in [0.2, 0.25) is 0 Å². The van der Waals surface area contributed by atoms with Crippen LogP contribution in [0.1, 0.15) is 13.4 Å². The molecule has 2 rings (SSSR count). The number of hydrogen-bond acceptors (Lipinski definition) is 1. The summed E-state index contributed by atoms with van der Waals surface area (Å²) in [5, 5.41) is 0. The molecule has 0 N–H and O–H groups in total. The van der Waals surface area contributed by atoms with E-state index in [0.29, 0.717) is 0 Å². The van der Waals surface area contributed by atoms with Crippen LogP contribution >= 0.6 is 0 Å². The first-order valence-electron chi connectivity index (χ1n) is 5.26. The molecular weight excluding hydrogens is 158 g/mol. The van der Waals surface area contributed by atoms with Crippen LogP contribution in [0.25, 0.3) is 0 Å². The van der Waals surface area contributed by atoms with Crippen molar-refractivity contribution >= 4 is 0 Å². The molecule has 0 saturated heterocycles. The van der Waals surface area contributed by atoms with Crippen molar-refractivity contribution in [3.63, 3.8) is 0 Å². The molecule has 1 heterocycles. The second kappa shape index (κ2) is 4.24. The molecule has 1 aliphatic heterocycles. The average molecular weight is 174 g/mol. The second-order valence-corrected chi connectivity index (χ2v) is 3.38. The van der Waals surface area contributed by atoms with Crippen LogP contribution in [-0.4, -0.2) is 18.0 Å². The quantitative estimate of drug-likeness (QED) is 0.622. The molecule has 0 spiro atoms. The highest BCUT2D eigenvalue weighted by molar-refractivity contribution is 5.14. The summed E-state index contributed by atoms with van der Waals surface area (Å²) in [7, 11) is 0. The van der Waals surface area contributed by atoms with Gasteiger partial charge < -0.3 is 0 Å². The van der Waals surface area contributed by atoms with Crippen molar-refractivity contribution in [3.8, 4) is 0 Å². The van der Waals surface area contributed by atoms with Gasteiger partial charge in [-0.1, -0.05) is 42.5 Å². The van der Waals surface area contributed by atoms with Gasteiger partial charge in [-0.2, -0.15) is 0 Å². The number of rotatable bonds is 2. The van der Waals surface area contributed by atoms with Gasteiger partial charge >= 0.3 is 0 Å². The van der Waals surface area contributed by atoms with Gasteiger partial charge in [-0.3, -0.25) is 4.90 Å². The molecule has 0 aliphatic carbocycles. The summed E-state index contributed by atoms with van der Waals surface area (Å²) in [4.78, 5) is 2.37. The van der Waals surface area contributed by atoms with E-state index in [-0.39, 0.29) is 0 Å². The Morgan fingerprint density at radius 3 is 2.85 bits per heavy atom. The fourth-order valence-electron chi connectivity index (χ4n) is 1.59. The molecule has 1 nitrogen and oxygen atoms in total. The first kappa shape index (κ1) is 7.34. The Hall–Kier alpha value is -1.08. The highest BCUT2D eigenvalue weighted by Gasteiger charge is 2.05. The van der Waals surface area contributed by atoms with Gasteiger partial charge in [0.2, 0.25) is 0 Å². The third-order valence-electron chi connectivity index (χ3n) is 2.32. The van der Waals surface area contributed by atoms with Crippen LogP contribution in [0.15, 0.2) is 42.5 Å². The maximum Gasteiger partial charge on any atom is 0.0573 e. The van der Waals surface area contributed by atoms with E-state index >= 15 is 0 Å². The summed E-state index contributed by atoms with van der Waals surface area (Å²) in [6, 6.07) is 11.3. The van der Waals surface area contributed by atoms with Gasteiger partial charge in [-0.15, -0.1) is 0 Å². The third kappa shape index (κ3) is 2.43. The molecule has 0 unspecified atom stereocenters. The van der Waals surface area contributed by atoms with Gasteiger partial charge in [0.05, 0.1) is 1.37 Å². The normalized spacial score (nSPS) is 19.4. The molecule has 1 aromatic rings. The molecule has 13 heavy (non-hydrogen) atoms. The lowest BCUT2D eigenvalue weighted by atomic mass is 10.2. The van der Waals surface area contributed by atoms with Gasteiger partial charge in [0.25, 0.3) is 0 Å². The zero-order chi connectivity index (χ0) is 9.80. The summed E-state index contributed by atoms with van der Waals surface area (Å²) in [6.07, 6.45) is 2.90. The van der Waals surface area contributed by atoms with Crippen molar-refractivity contribution in [2.75, 3.05) is 13.1 Å². The molecule has 0 fully saturated rings. The zero-order valence-corrected chi connectivity index (χ0v) is 7.74. The molecule has 1 heteroatoms. The first-order chi connectivity index (χ1) is 6.84. The van der Waals surface area contributed by atoms with Crippen LogP contribution in [0.4, 0.5) is 0 Å². The van der Waals surface area contributed by atoms with Gasteiger partial charge in [0.15, 0.2) is 0 Å². The van der Waals surface area contributed by atoms with Crippen LogP contribution < -0.4 is 0 Å². The molecule has 68 valence electrons. The maximum absolute atomic E-state index is 7.48. The first-order valence-corrected chi connectivity index (χ1v) is 4.76. The van der Waals surface area contributed by atoms with E-state index in [4.69, 9.17) is 1.37 Å². The minimum absolute atomic E-state index is 0.786. The van der Waals surface area contributed by atoms with E-state index in [1.54, 1.807) is 0 Å². The second-order valence-electron chi connectivity index (χ2n) is 3.38. The summed E-state index contributed by atoms with van der Waals surface area (Å²) in [6.45, 7) is 2.95. The topological polar surface area (TPSA) is 3.24 Å². The SMILES string of the molecule is [2H]C1=CCN(Cc2ccccc2)CC1. The molecule has 0 amide bonds. The zero-order valence-electron chi connectivity index (χ0n) is 8.74. The Balaban J connectivity index is 1.93. The molecule has 0 atom stereocenters. The standard InChI is InChI=1S/C12H15N/c1-3-7-12(8-4-1)11-13-9-5-2-6-10-13/h1-5,7-8H,6,9-11H2/i2D. The smallest absolute Gasteiger partial charge is 0.0573 e. The minimum atomic E-state index is 0.786. The fraction of sp³-hybridized carbons (Fsp3) is 0.333. The van der Waals surface area contributed by atoms with Crippen molar-refractivity contribution in [3.05, 3.63) is 48.0 Å². The maximum atomic E-state index is 7.48.